The summed E-state index contributed by atoms with van der Waals surface area (Å²) in [4.78, 5) is 6.65. The molecule has 26 heavy (non-hydrogen) atoms. The van der Waals surface area contributed by atoms with Gasteiger partial charge in [-0.15, -0.1) is 0 Å². The predicted molar refractivity (Wildman–Crippen MR) is 106 cm³/mol. The lowest BCUT2D eigenvalue weighted by atomic mass is 10.0. The summed E-state index contributed by atoms with van der Waals surface area (Å²) >= 11 is 0. The van der Waals surface area contributed by atoms with Crippen molar-refractivity contribution in [2.24, 2.45) is 5.73 Å². The smallest absolute Gasteiger partial charge is 0.129 e. The van der Waals surface area contributed by atoms with E-state index in [1.165, 1.54) is 0 Å². The number of nitrogens with one attached hydrogen (secondary N) is 1. The third-order valence-electron chi connectivity index (χ3n) is 4.35. The Morgan fingerprint density at radius 1 is 1.50 bits per heavy atom. The molecule has 142 valence electrons. The van der Waals surface area contributed by atoms with Crippen LogP contribution in [0.4, 0.5) is 5.82 Å². The van der Waals surface area contributed by atoms with Crippen LogP contribution in [0.15, 0.2) is 41.8 Å². The van der Waals surface area contributed by atoms with Crippen LogP contribution in [-0.4, -0.2) is 49.6 Å². The summed E-state index contributed by atoms with van der Waals surface area (Å²) in [5.41, 5.74) is 7.83. The van der Waals surface area contributed by atoms with Gasteiger partial charge in [-0.2, -0.15) is 0 Å². The maximum atomic E-state index is 8.58. The van der Waals surface area contributed by atoms with E-state index >= 15 is 0 Å². The number of ether oxygens (including phenoxy) is 2. The molecule has 1 fully saturated rings. The van der Waals surface area contributed by atoms with Gasteiger partial charge in [0.15, 0.2) is 0 Å². The molecule has 1 saturated heterocycles. The molecule has 1 aromatic heterocycles. The summed E-state index contributed by atoms with van der Waals surface area (Å²) in [5, 5.41) is 8.58. The summed E-state index contributed by atoms with van der Waals surface area (Å²) in [6.45, 7) is 7.87. The van der Waals surface area contributed by atoms with Gasteiger partial charge >= 0.3 is 0 Å². The minimum Gasteiger partial charge on any atom is -0.491 e. The van der Waals surface area contributed by atoms with Crippen LogP contribution in [0.25, 0.3) is 0 Å². The number of hydrogen-bond acceptors (Lipinski definition) is 6. The molecule has 2 heterocycles. The van der Waals surface area contributed by atoms with Crippen LogP contribution < -0.4 is 10.6 Å². The molecule has 1 aliphatic rings. The van der Waals surface area contributed by atoms with Gasteiger partial charge in [0.2, 0.25) is 0 Å². The Hall–Kier alpha value is -2.18. The topological polar surface area (TPSA) is 84.5 Å². The second-order valence-corrected chi connectivity index (χ2v) is 6.60. The van der Waals surface area contributed by atoms with E-state index in [0.717, 1.165) is 42.2 Å². The standard InChI is InChI=1S/C20H30N4O2/c1-5-17(26-14(2)3)10-16(12-21)20(22)15-6-8-23-19(11-15)24-9-7-18(13-24)25-4/h5-6,8,10-11,14,18,22H,7,9,12-13,21H2,1-4H3. The third kappa shape index (κ3) is 5.16. The monoisotopic (exact) mass is 358 g/mol. The van der Waals surface area contributed by atoms with Crippen molar-refractivity contribution in [2.45, 2.75) is 39.4 Å². The van der Waals surface area contributed by atoms with Gasteiger partial charge in [0.05, 0.1) is 17.9 Å². The lowest BCUT2D eigenvalue weighted by molar-refractivity contribution is 0.121. The fourth-order valence-corrected chi connectivity index (χ4v) is 2.92. The Kier molecular flexibility index (Phi) is 7.36. The third-order valence-corrected chi connectivity index (χ3v) is 4.35. The quantitative estimate of drug-likeness (QED) is 0.424. The van der Waals surface area contributed by atoms with Crippen molar-refractivity contribution in [3.8, 4) is 0 Å². The van der Waals surface area contributed by atoms with E-state index in [4.69, 9.17) is 20.6 Å². The molecule has 0 aliphatic carbocycles. The number of anilines is 1. The normalized spacial score (nSPS) is 18.5. The molecule has 0 aromatic carbocycles. The van der Waals surface area contributed by atoms with Crippen LogP contribution >= 0.6 is 0 Å². The summed E-state index contributed by atoms with van der Waals surface area (Å²) < 4.78 is 11.2. The number of aromatic nitrogens is 1. The Labute approximate surface area is 156 Å². The molecule has 6 heteroatoms. The van der Waals surface area contributed by atoms with E-state index in [-0.39, 0.29) is 18.8 Å². The molecule has 0 bridgehead atoms. The fraction of sp³-hybridized carbons (Fsp3) is 0.500. The maximum Gasteiger partial charge on any atom is 0.129 e. The average Bonchev–Trinajstić information content (AvgIpc) is 3.13. The lowest BCUT2D eigenvalue weighted by Gasteiger charge is -2.18. The van der Waals surface area contributed by atoms with E-state index in [9.17, 15) is 0 Å². The molecule has 0 amide bonds. The van der Waals surface area contributed by atoms with Crippen molar-refractivity contribution < 1.29 is 9.47 Å². The highest BCUT2D eigenvalue weighted by atomic mass is 16.5. The van der Waals surface area contributed by atoms with Crippen LogP contribution in [0.2, 0.25) is 0 Å². The molecule has 0 saturated carbocycles. The first kappa shape index (κ1) is 20.1. The first-order chi connectivity index (χ1) is 12.5. The lowest BCUT2D eigenvalue weighted by Crippen LogP contribution is -2.23. The zero-order chi connectivity index (χ0) is 19.1. The SMILES string of the molecule is CC=C(C=C(CN)C(=N)c1ccnc(N2CCC(OC)C2)c1)OC(C)C. The van der Waals surface area contributed by atoms with Crippen molar-refractivity contribution in [2.75, 3.05) is 31.6 Å². The van der Waals surface area contributed by atoms with Gasteiger partial charge in [-0.05, 0) is 57.0 Å². The Balaban J connectivity index is 2.21. The van der Waals surface area contributed by atoms with E-state index in [1.807, 2.05) is 45.1 Å². The van der Waals surface area contributed by atoms with Gasteiger partial charge < -0.3 is 20.1 Å². The van der Waals surface area contributed by atoms with Gasteiger partial charge in [-0.25, -0.2) is 4.98 Å². The molecule has 1 unspecified atom stereocenters. The molecule has 6 nitrogen and oxygen atoms in total. The molecule has 3 N–H and O–H groups in total. The van der Waals surface area contributed by atoms with Crippen LogP contribution in [0.1, 0.15) is 32.8 Å². The Bertz CT molecular complexity index is 682. The molecular formula is C20H30N4O2. The number of methoxy groups -OCH3 is 1. The van der Waals surface area contributed by atoms with Crippen molar-refractivity contribution in [1.29, 1.82) is 5.41 Å². The zero-order valence-corrected chi connectivity index (χ0v) is 16.2. The average molecular weight is 358 g/mol. The van der Waals surface area contributed by atoms with Gasteiger partial charge in [0.25, 0.3) is 0 Å². The highest BCUT2D eigenvalue weighted by Crippen LogP contribution is 2.21. The second-order valence-electron chi connectivity index (χ2n) is 6.60. The number of nitrogens with two attached hydrogens (primary N) is 1. The van der Waals surface area contributed by atoms with Crippen molar-refractivity contribution >= 4 is 11.5 Å². The number of pyridine rings is 1. The molecule has 1 aromatic rings. The molecule has 1 aliphatic heterocycles. The molecule has 1 atom stereocenters. The fourth-order valence-electron chi connectivity index (χ4n) is 2.92. The second kappa shape index (κ2) is 9.50. The van der Waals surface area contributed by atoms with E-state index in [2.05, 4.69) is 9.88 Å². The first-order valence-electron chi connectivity index (χ1n) is 9.05. The van der Waals surface area contributed by atoms with Crippen LogP contribution in [0.5, 0.6) is 0 Å². The number of allylic oxidation sites excluding steroid dienone is 2. The van der Waals surface area contributed by atoms with Gasteiger partial charge in [0, 0.05) is 38.5 Å². The van der Waals surface area contributed by atoms with Crippen molar-refractivity contribution in [3.63, 3.8) is 0 Å². The predicted octanol–water partition coefficient (Wildman–Crippen LogP) is 2.89. The minimum atomic E-state index is 0.0714. The van der Waals surface area contributed by atoms with Gasteiger partial charge in [0.1, 0.15) is 11.6 Å². The highest BCUT2D eigenvalue weighted by Gasteiger charge is 2.23. The first-order valence-corrected chi connectivity index (χ1v) is 9.05. The van der Waals surface area contributed by atoms with Gasteiger partial charge in [-0.1, -0.05) is 0 Å². The summed E-state index contributed by atoms with van der Waals surface area (Å²) in [6.07, 6.45) is 6.78. The van der Waals surface area contributed by atoms with E-state index in [0.29, 0.717) is 5.71 Å². The Morgan fingerprint density at radius 3 is 2.85 bits per heavy atom. The van der Waals surface area contributed by atoms with Crippen LogP contribution in [-0.2, 0) is 9.47 Å². The summed E-state index contributed by atoms with van der Waals surface area (Å²) in [6, 6.07) is 3.79. The van der Waals surface area contributed by atoms with Crippen molar-refractivity contribution in [1.82, 2.24) is 4.98 Å². The number of rotatable bonds is 8. The number of hydrogen-bond donors (Lipinski definition) is 2. The maximum absolute atomic E-state index is 8.58. The highest BCUT2D eigenvalue weighted by molar-refractivity contribution is 6.11. The number of nitrogens with zero attached hydrogens (tertiary/aromatic N) is 2. The Morgan fingerprint density at radius 2 is 2.27 bits per heavy atom. The van der Waals surface area contributed by atoms with Crippen molar-refractivity contribution in [3.05, 3.63) is 47.4 Å². The zero-order valence-electron chi connectivity index (χ0n) is 16.2. The van der Waals surface area contributed by atoms with E-state index < -0.39 is 0 Å². The molecule has 0 spiro atoms. The largest absolute Gasteiger partial charge is 0.491 e. The molecule has 0 radical (unpaired) electrons. The van der Waals surface area contributed by atoms with Gasteiger partial charge in [-0.3, -0.25) is 5.41 Å². The van der Waals surface area contributed by atoms with E-state index in [1.54, 1.807) is 13.3 Å². The minimum absolute atomic E-state index is 0.0714. The summed E-state index contributed by atoms with van der Waals surface area (Å²) in [7, 11) is 1.74. The summed E-state index contributed by atoms with van der Waals surface area (Å²) in [5.74, 6) is 1.59. The molecule has 2 rings (SSSR count). The van der Waals surface area contributed by atoms with Crippen LogP contribution in [0, 0.1) is 5.41 Å². The van der Waals surface area contributed by atoms with Crippen LogP contribution in [0.3, 0.4) is 0 Å². The molecular weight excluding hydrogens is 328 g/mol.